The van der Waals surface area contributed by atoms with Crippen LogP contribution in [0.4, 0.5) is 15.9 Å². The molecule has 1 aromatic heterocycles. The van der Waals surface area contributed by atoms with Gasteiger partial charge in [-0.25, -0.2) is 22.9 Å². The number of nitrogens with one attached hydrogen (secondary N) is 1. The van der Waals surface area contributed by atoms with Crippen molar-refractivity contribution in [3.63, 3.8) is 0 Å². The molecule has 6 nitrogen and oxygen atoms in total. The standard InChI is InChI=1S/C15H16ClFN4O2S/c16-13-7-11(1-3-14(13)17)21-6-5-10(9-21)20-15-4-2-12(8-19-15)24(18,22)23/h1-4,7-8,10H,5-6,9H2,(H,19,20)(H2,18,22,23)/t10-/m0/s1. The lowest BCUT2D eigenvalue weighted by atomic mass is 10.2. The highest BCUT2D eigenvalue weighted by Gasteiger charge is 2.23. The molecule has 0 aliphatic carbocycles. The van der Waals surface area contributed by atoms with E-state index in [1.807, 2.05) is 0 Å². The van der Waals surface area contributed by atoms with Crippen molar-refractivity contribution in [2.75, 3.05) is 23.3 Å². The van der Waals surface area contributed by atoms with Gasteiger partial charge in [0.15, 0.2) is 0 Å². The van der Waals surface area contributed by atoms with E-state index in [4.69, 9.17) is 16.7 Å². The minimum atomic E-state index is -3.74. The first-order valence-electron chi connectivity index (χ1n) is 7.28. The second-order valence-corrected chi connectivity index (χ2v) is 7.57. The fraction of sp³-hybridized carbons (Fsp3) is 0.267. The number of rotatable bonds is 4. The van der Waals surface area contributed by atoms with Crippen LogP contribution in [-0.2, 0) is 10.0 Å². The van der Waals surface area contributed by atoms with Gasteiger partial charge in [0.2, 0.25) is 10.0 Å². The molecule has 3 rings (SSSR count). The summed E-state index contributed by atoms with van der Waals surface area (Å²) in [4.78, 5) is 6.15. The SMILES string of the molecule is NS(=O)(=O)c1ccc(N[C@H]2CCN(c3ccc(F)c(Cl)c3)C2)nc1. The minimum Gasteiger partial charge on any atom is -0.369 e. The van der Waals surface area contributed by atoms with Crippen LogP contribution in [0.3, 0.4) is 0 Å². The van der Waals surface area contributed by atoms with Gasteiger partial charge in [-0.3, -0.25) is 0 Å². The Balaban J connectivity index is 1.64. The number of pyridine rings is 1. The van der Waals surface area contributed by atoms with Crippen molar-refractivity contribution in [2.45, 2.75) is 17.4 Å². The number of nitrogens with two attached hydrogens (primary N) is 1. The van der Waals surface area contributed by atoms with E-state index < -0.39 is 15.8 Å². The number of hydrogen-bond acceptors (Lipinski definition) is 5. The molecule has 0 bridgehead atoms. The molecule has 0 saturated carbocycles. The van der Waals surface area contributed by atoms with Crippen LogP contribution in [0.25, 0.3) is 0 Å². The summed E-state index contributed by atoms with van der Waals surface area (Å²) in [5, 5.41) is 8.39. The number of nitrogens with zero attached hydrogens (tertiary/aromatic N) is 2. The first kappa shape index (κ1) is 16.9. The zero-order valence-corrected chi connectivity index (χ0v) is 14.2. The summed E-state index contributed by atoms with van der Waals surface area (Å²) in [5.74, 6) is 0.139. The average Bonchev–Trinajstić information content (AvgIpc) is 2.98. The van der Waals surface area contributed by atoms with Gasteiger partial charge in [0.25, 0.3) is 0 Å². The smallest absolute Gasteiger partial charge is 0.239 e. The third-order valence-electron chi connectivity index (χ3n) is 3.87. The molecule has 24 heavy (non-hydrogen) atoms. The van der Waals surface area contributed by atoms with Gasteiger partial charge >= 0.3 is 0 Å². The van der Waals surface area contributed by atoms with Crippen molar-refractivity contribution in [3.8, 4) is 0 Å². The maximum atomic E-state index is 13.2. The van der Waals surface area contributed by atoms with E-state index in [0.717, 1.165) is 18.7 Å². The van der Waals surface area contributed by atoms with E-state index >= 15 is 0 Å². The molecule has 1 fully saturated rings. The summed E-state index contributed by atoms with van der Waals surface area (Å²) in [5.41, 5.74) is 0.864. The fourth-order valence-corrected chi connectivity index (χ4v) is 3.27. The molecule has 128 valence electrons. The van der Waals surface area contributed by atoms with Crippen molar-refractivity contribution >= 4 is 33.1 Å². The predicted molar refractivity (Wildman–Crippen MR) is 91.3 cm³/mol. The van der Waals surface area contributed by atoms with Crippen LogP contribution in [0.1, 0.15) is 6.42 Å². The van der Waals surface area contributed by atoms with Crippen LogP contribution in [-0.4, -0.2) is 32.5 Å². The van der Waals surface area contributed by atoms with Gasteiger partial charge in [-0.1, -0.05) is 11.6 Å². The number of primary sulfonamides is 1. The number of anilines is 2. The fourth-order valence-electron chi connectivity index (χ4n) is 2.64. The van der Waals surface area contributed by atoms with Crippen LogP contribution in [0.15, 0.2) is 41.4 Å². The van der Waals surface area contributed by atoms with E-state index in [2.05, 4.69) is 15.2 Å². The highest BCUT2D eigenvalue weighted by atomic mass is 35.5. The third kappa shape index (κ3) is 3.77. The second kappa shape index (κ2) is 6.54. The Hall–Kier alpha value is -1.90. The molecule has 1 saturated heterocycles. The molecule has 3 N–H and O–H groups in total. The second-order valence-electron chi connectivity index (χ2n) is 5.60. The van der Waals surface area contributed by atoms with E-state index in [0.29, 0.717) is 12.4 Å². The van der Waals surface area contributed by atoms with E-state index in [1.54, 1.807) is 18.2 Å². The maximum Gasteiger partial charge on any atom is 0.239 e. The zero-order valence-electron chi connectivity index (χ0n) is 12.6. The zero-order chi connectivity index (χ0) is 17.3. The van der Waals surface area contributed by atoms with Crippen LogP contribution < -0.4 is 15.4 Å². The third-order valence-corrected chi connectivity index (χ3v) is 5.06. The quantitative estimate of drug-likeness (QED) is 0.861. The lowest BCUT2D eigenvalue weighted by Crippen LogP contribution is -2.26. The number of sulfonamides is 1. The molecule has 1 atom stereocenters. The first-order chi connectivity index (χ1) is 11.3. The summed E-state index contributed by atoms with van der Waals surface area (Å²) >= 11 is 5.82. The van der Waals surface area contributed by atoms with Crippen LogP contribution in [0.2, 0.25) is 5.02 Å². The Bertz CT molecular complexity index is 845. The van der Waals surface area contributed by atoms with Gasteiger partial charge in [-0.15, -0.1) is 0 Å². The van der Waals surface area contributed by atoms with Crippen molar-refractivity contribution in [1.82, 2.24) is 4.98 Å². The Morgan fingerprint density at radius 2 is 2.12 bits per heavy atom. The summed E-state index contributed by atoms with van der Waals surface area (Å²) < 4.78 is 35.7. The summed E-state index contributed by atoms with van der Waals surface area (Å²) in [6, 6.07) is 7.79. The minimum absolute atomic E-state index is 0.0259. The summed E-state index contributed by atoms with van der Waals surface area (Å²) in [6.07, 6.45) is 2.09. The number of halogens is 2. The van der Waals surface area contributed by atoms with Gasteiger partial charge in [0.05, 0.1) is 5.02 Å². The Labute approximate surface area is 144 Å². The molecule has 0 radical (unpaired) electrons. The lowest BCUT2D eigenvalue weighted by Gasteiger charge is -2.19. The monoisotopic (exact) mass is 370 g/mol. The number of benzene rings is 1. The molecule has 0 amide bonds. The van der Waals surface area contributed by atoms with Crippen molar-refractivity contribution in [3.05, 3.63) is 47.4 Å². The highest BCUT2D eigenvalue weighted by molar-refractivity contribution is 7.89. The molecule has 1 aliphatic rings. The molecule has 9 heteroatoms. The summed E-state index contributed by atoms with van der Waals surface area (Å²) in [6.45, 7) is 1.51. The Morgan fingerprint density at radius 3 is 2.75 bits per heavy atom. The van der Waals surface area contributed by atoms with E-state index in [9.17, 15) is 12.8 Å². The van der Waals surface area contributed by atoms with Gasteiger partial charge in [0.1, 0.15) is 16.5 Å². The maximum absolute atomic E-state index is 13.2. The lowest BCUT2D eigenvalue weighted by molar-refractivity contribution is 0.597. The average molecular weight is 371 g/mol. The van der Waals surface area contributed by atoms with Crippen molar-refractivity contribution < 1.29 is 12.8 Å². The molecule has 0 unspecified atom stereocenters. The van der Waals surface area contributed by atoms with Crippen LogP contribution in [0, 0.1) is 5.82 Å². The van der Waals surface area contributed by atoms with Gasteiger partial charge in [-0.2, -0.15) is 0 Å². The molecule has 2 heterocycles. The largest absolute Gasteiger partial charge is 0.369 e. The molecule has 1 aliphatic heterocycles. The van der Waals surface area contributed by atoms with Crippen molar-refractivity contribution in [1.29, 1.82) is 0 Å². The highest BCUT2D eigenvalue weighted by Crippen LogP contribution is 2.26. The molecular formula is C15H16ClFN4O2S. The van der Waals surface area contributed by atoms with E-state index in [-0.39, 0.29) is 16.0 Å². The van der Waals surface area contributed by atoms with Gasteiger partial charge in [-0.05, 0) is 36.8 Å². The van der Waals surface area contributed by atoms with Crippen molar-refractivity contribution in [2.24, 2.45) is 5.14 Å². The van der Waals surface area contributed by atoms with Gasteiger partial charge < -0.3 is 10.2 Å². The summed E-state index contributed by atoms with van der Waals surface area (Å²) in [7, 11) is -3.74. The molecule has 1 aromatic carbocycles. The Morgan fingerprint density at radius 1 is 1.33 bits per heavy atom. The number of hydrogen-bond donors (Lipinski definition) is 2. The molecule has 0 spiro atoms. The molecular weight excluding hydrogens is 355 g/mol. The normalized spacial score (nSPS) is 18.0. The van der Waals surface area contributed by atoms with Crippen LogP contribution in [0.5, 0.6) is 0 Å². The predicted octanol–water partition coefficient (Wildman–Crippen LogP) is 2.21. The van der Waals surface area contributed by atoms with E-state index in [1.165, 1.54) is 18.3 Å². The van der Waals surface area contributed by atoms with Crippen LogP contribution >= 0.6 is 11.6 Å². The number of aromatic nitrogens is 1. The first-order valence-corrected chi connectivity index (χ1v) is 9.21. The Kier molecular flexibility index (Phi) is 4.62. The topological polar surface area (TPSA) is 88.3 Å². The molecule has 2 aromatic rings. The van der Waals surface area contributed by atoms with Gasteiger partial charge in [0, 0.05) is 31.0 Å².